The third kappa shape index (κ3) is 2.58. The summed E-state index contributed by atoms with van der Waals surface area (Å²) in [5.41, 5.74) is 0.646. The van der Waals surface area contributed by atoms with E-state index in [0.29, 0.717) is 15.6 Å². The minimum Gasteiger partial charge on any atom is -0.478 e. The minimum atomic E-state index is -1.17. The van der Waals surface area contributed by atoms with E-state index in [9.17, 15) is 14.4 Å². The van der Waals surface area contributed by atoms with E-state index in [1.165, 1.54) is 18.2 Å². The summed E-state index contributed by atoms with van der Waals surface area (Å²) in [4.78, 5) is 36.8. The van der Waals surface area contributed by atoms with E-state index in [2.05, 4.69) is 0 Å². The maximum Gasteiger partial charge on any atom is 0.335 e. The molecule has 2 amide bonds. The highest BCUT2D eigenvalue weighted by Gasteiger charge is 2.36. The van der Waals surface area contributed by atoms with Crippen molar-refractivity contribution >= 4 is 41.0 Å². The Hall–Kier alpha value is -2.37. The maximum absolute atomic E-state index is 12.4. The van der Waals surface area contributed by atoms with Crippen LogP contribution in [0.1, 0.15) is 36.6 Å². The monoisotopic (exact) mass is 349 g/mol. The predicted molar refractivity (Wildman–Crippen MR) is 84.1 cm³/mol. The summed E-state index contributed by atoms with van der Waals surface area (Å²) in [6.07, 6.45) is 0. The smallest absolute Gasteiger partial charge is 0.335 e. The van der Waals surface area contributed by atoms with Gasteiger partial charge < -0.3 is 5.11 Å². The molecular formula is C16H9Cl2NO4. The van der Waals surface area contributed by atoms with Gasteiger partial charge in [-0.25, -0.2) is 4.79 Å². The van der Waals surface area contributed by atoms with E-state index in [1.54, 1.807) is 18.2 Å². The number of benzene rings is 2. The van der Waals surface area contributed by atoms with E-state index in [0.717, 1.165) is 4.90 Å². The highest BCUT2D eigenvalue weighted by molar-refractivity contribution is 6.36. The summed E-state index contributed by atoms with van der Waals surface area (Å²) in [7, 11) is 0. The van der Waals surface area contributed by atoms with Crippen LogP contribution < -0.4 is 0 Å². The first-order valence-corrected chi connectivity index (χ1v) is 7.32. The van der Waals surface area contributed by atoms with Gasteiger partial charge in [-0.15, -0.1) is 0 Å². The molecule has 0 saturated carbocycles. The number of carboxylic acids is 1. The topological polar surface area (TPSA) is 74.7 Å². The molecule has 0 unspecified atom stereocenters. The lowest BCUT2D eigenvalue weighted by Gasteiger charge is -2.15. The number of nitrogens with zero attached hydrogens (tertiary/aromatic N) is 1. The highest BCUT2D eigenvalue weighted by atomic mass is 35.5. The van der Waals surface area contributed by atoms with Crippen LogP contribution in [0.2, 0.25) is 10.0 Å². The molecule has 116 valence electrons. The van der Waals surface area contributed by atoms with Gasteiger partial charge in [-0.3, -0.25) is 14.5 Å². The van der Waals surface area contributed by atoms with Crippen LogP contribution in [0.5, 0.6) is 0 Å². The van der Waals surface area contributed by atoms with E-state index >= 15 is 0 Å². The van der Waals surface area contributed by atoms with Gasteiger partial charge in [-0.05, 0) is 30.3 Å². The van der Waals surface area contributed by atoms with Crippen LogP contribution in [0, 0.1) is 0 Å². The Morgan fingerprint density at radius 3 is 2.22 bits per heavy atom. The molecule has 0 aromatic heterocycles. The number of imide groups is 1. The fourth-order valence-electron chi connectivity index (χ4n) is 2.41. The number of carbonyl (C=O) groups excluding carboxylic acids is 2. The van der Waals surface area contributed by atoms with Gasteiger partial charge >= 0.3 is 5.97 Å². The molecule has 23 heavy (non-hydrogen) atoms. The lowest BCUT2D eigenvalue weighted by atomic mass is 10.1. The lowest BCUT2D eigenvalue weighted by molar-refractivity contribution is 0.0641. The van der Waals surface area contributed by atoms with Gasteiger partial charge in [-0.1, -0.05) is 29.3 Å². The number of fused-ring (bicyclic) bond motifs is 1. The molecule has 0 radical (unpaired) electrons. The van der Waals surface area contributed by atoms with Crippen molar-refractivity contribution in [2.24, 2.45) is 0 Å². The quantitative estimate of drug-likeness (QED) is 0.860. The molecular weight excluding hydrogens is 341 g/mol. The SMILES string of the molecule is O=C(O)c1ccc2c(c1)C(=O)N(Cc1c(Cl)cccc1Cl)C2=O. The fraction of sp³-hybridized carbons (Fsp3) is 0.0625. The molecule has 3 rings (SSSR count). The van der Waals surface area contributed by atoms with Crippen LogP contribution >= 0.6 is 23.2 Å². The molecule has 2 aromatic rings. The van der Waals surface area contributed by atoms with Crippen molar-refractivity contribution in [1.82, 2.24) is 4.90 Å². The lowest BCUT2D eigenvalue weighted by Crippen LogP contribution is -2.29. The molecule has 1 N–H and O–H groups in total. The second kappa shape index (κ2) is 5.68. The van der Waals surface area contributed by atoms with Gasteiger partial charge in [0.25, 0.3) is 11.8 Å². The molecule has 2 aromatic carbocycles. The third-order valence-electron chi connectivity index (χ3n) is 3.60. The summed E-state index contributed by atoms with van der Waals surface area (Å²) in [6.45, 7) is -0.0761. The summed E-state index contributed by atoms with van der Waals surface area (Å²) >= 11 is 12.1. The number of carboxylic acid groups (broad SMARTS) is 1. The Balaban J connectivity index is 1.99. The first-order chi connectivity index (χ1) is 10.9. The Labute approximate surface area is 141 Å². The largest absolute Gasteiger partial charge is 0.478 e. The third-order valence-corrected chi connectivity index (χ3v) is 4.30. The zero-order valence-electron chi connectivity index (χ0n) is 11.5. The number of amides is 2. The van der Waals surface area contributed by atoms with Crippen LogP contribution in [0.15, 0.2) is 36.4 Å². The van der Waals surface area contributed by atoms with Crippen LogP contribution in [0.3, 0.4) is 0 Å². The standard InChI is InChI=1S/C16H9Cl2NO4/c17-12-2-1-3-13(18)11(12)7-19-14(20)9-5-4-8(16(22)23)6-10(9)15(19)21/h1-6H,7H2,(H,22,23). The summed E-state index contributed by atoms with van der Waals surface area (Å²) in [5.74, 6) is -2.23. The zero-order valence-corrected chi connectivity index (χ0v) is 13.1. The van der Waals surface area contributed by atoms with Crippen molar-refractivity contribution in [3.8, 4) is 0 Å². The van der Waals surface area contributed by atoms with Crippen molar-refractivity contribution in [3.05, 3.63) is 68.7 Å². The molecule has 5 nitrogen and oxygen atoms in total. The molecule has 0 atom stereocenters. The first kappa shape index (κ1) is 15.5. The molecule has 1 aliphatic heterocycles. The van der Waals surface area contributed by atoms with E-state index in [1.807, 2.05) is 0 Å². The van der Waals surface area contributed by atoms with Crippen molar-refractivity contribution in [2.45, 2.75) is 6.54 Å². The maximum atomic E-state index is 12.4. The number of halogens is 2. The Morgan fingerprint density at radius 1 is 1.00 bits per heavy atom. The van der Waals surface area contributed by atoms with Gasteiger partial charge in [0, 0.05) is 15.6 Å². The number of carbonyl (C=O) groups is 3. The van der Waals surface area contributed by atoms with Crippen LogP contribution in [-0.4, -0.2) is 27.8 Å². The number of hydrogen-bond donors (Lipinski definition) is 1. The van der Waals surface area contributed by atoms with Crippen molar-refractivity contribution < 1.29 is 19.5 Å². The van der Waals surface area contributed by atoms with Crippen molar-refractivity contribution in [1.29, 1.82) is 0 Å². The van der Waals surface area contributed by atoms with Gasteiger partial charge in [0.2, 0.25) is 0 Å². The summed E-state index contributed by atoms with van der Waals surface area (Å²) < 4.78 is 0. The second-order valence-electron chi connectivity index (χ2n) is 4.96. The second-order valence-corrected chi connectivity index (χ2v) is 5.78. The summed E-state index contributed by atoms with van der Waals surface area (Å²) in [6, 6.07) is 8.72. The number of aromatic carboxylic acids is 1. The van der Waals surface area contributed by atoms with Gasteiger partial charge in [0.05, 0.1) is 23.2 Å². The number of hydrogen-bond acceptors (Lipinski definition) is 3. The first-order valence-electron chi connectivity index (χ1n) is 6.56. The Kier molecular flexibility index (Phi) is 3.83. The van der Waals surface area contributed by atoms with Gasteiger partial charge in [0.1, 0.15) is 0 Å². The highest BCUT2D eigenvalue weighted by Crippen LogP contribution is 2.30. The van der Waals surface area contributed by atoms with Crippen molar-refractivity contribution in [3.63, 3.8) is 0 Å². The zero-order chi connectivity index (χ0) is 16.7. The molecule has 1 heterocycles. The average molecular weight is 350 g/mol. The van der Waals surface area contributed by atoms with E-state index < -0.39 is 17.8 Å². The predicted octanol–water partition coefficient (Wildman–Crippen LogP) is 3.49. The van der Waals surface area contributed by atoms with Gasteiger partial charge in [-0.2, -0.15) is 0 Å². The molecule has 1 aliphatic rings. The van der Waals surface area contributed by atoms with Crippen LogP contribution in [0.25, 0.3) is 0 Å². The summed E-state index contributed by atoms with van der Waals surface area (Å²) in [5, 5.41) is 9.69. The van der Waals surface area contributed by atoms with Gasteiger partial charge in [0.15, 0.2) is 0 Å². The van der Waals surface area contributed by atoms with Crippen LogP contribution in [0.4, 0.5) is 0 Å². The molecule has 0 bridgehead atoms. The molecule has 0 aliphatic carbocycles. The normalized spacial score (nSPS) is 13.4. The van der Waals surface area contributed by atoms with E-state index in [-0.39, 0.29) is 23.2 Å². The molecule has 7 heteroatoms. The van der Waals surface area contributed by atoms with E-state index in [4.69, 9.17) is 28.3 Å². The fourth-order valence-corrected chi connectivity index (χ4v) is 2.93. The average Bonchev–Trinajstić information content (AvgIpc) is 2.75. The molecule has 0 fully saturated rings. The number of rotatable bonds is 3. The Bertz CT molecular complexity index is 843. The molecule has 0 spiro atoms. The molecule has 0 saturated heterocycles. The minimum absolute atomic E-state index is 0.0532. The Morgan fingerprint density at radius 2 is 1.61 bits per heavy atom. The van der Waals surface area contributed by atoms with Crippen LogP contribution in [-0.2, 0) is 6.54 Å². The van der Waals surface area contributed by atoms with Crippen molar-refractivity contribution in [2.75, 3.05) is 0 Å².